The van der Waals surface area contributed by atoms with E-state index in [1.54, 1.807) is 0 Å². The van der Waals surface area contributed by atoms with Crippen LogP contribution < -0.4 is 5.32 Å². The van der Waals surface area contributed by atoms with Gasteiger partial charge in [-0.05, 0) is 24.5 Å². The summed E-state index contributed by atoms with van der Waals surface area (Å²) in [6, 6.07) is -0.313. The molecule has 2 N–H and O–H groups in total. The largest absolute Gasteiger partial charge is 0.480 e. The van der Waals surface area contributed by atoms with Crippen molar-refractivity contribution in [2.75, 3.05) is 12.3 Å². The molecule has 1 rings (SSSR count). The van der Waals surface area contributed by atoms with Gasteiger partial charge in [0.1, 0.15) is 6.04 Å². The third-order valence-corrected chi connectivity index (χ3v) is 3.74. The van der Waals surface area contributed by atoms with Gasteiger partial charge >= 0.3 is 5.97 Å². The number of thioether (sulfide) groups is 1. The van der Waals surface area contributed by atoms with Gasteiger partial charge in [-0.1, -0.05) is 13.8 Å². The van der Waals surface area contributed by atoms with Gasteiger partial charge in [-0.15, -0.1) is 0 Å². The van der Waals surface area contributed by atoms with Crippen LogP contribution in [0.1, 0.15) is 26.7 Å². The Bertz CT molecular complexity index is 197. The van der Waals surface area contributed by atoms with E-state index >= 15 is 0 Å². The number of hydrogen-bond acceptors (Lipinski definition) is 3. The molecule has 1 aliphatic rings. The van der Waals surface area contributed by atoms with Gasteiger partial charge < -0.3 is 10.4 Å². The molecule has 1 aliphatic heterocycles. The molecule has 0 spiro atoms. The van der Waals surface area contributed by atoms with Crippen molar-refractivity contribution >= 4 is 17.7 Å². The summed E-state index contributed by atoms with van der Waals surface area (Å²) in [5.41, 5.74) is 0. The Morgan fingerprint density at radius 3 is 2.86 bits per heavy atom. The van der Waals surface area contributed by atoms with E-state index in [4.69, 9.17) is 5.11 Å². The lowest BCUT2D eigenvalue weighted by Crippen LogP contribution is -2.29. The quantitative estimate of drug-likeness (QED) is 0.734. The molecule has 0 aromatic heterocycles. The molecule has 3 nitrogen and oxygen atoms in total. The predicted octanol–water partition coefficient (Wildman–Crippen LogP) is 1.58. The highest BCUT2D eigenvalue weighted by Crippen LogP contribution is 2.22. The summed E-state index contributed by atoms with van der Waals surface area (Å²) in [6.07, 6.45) is 2.00. The molecule has 0 aromatic rings. The molecule has 0 aliphatic carbocycles. The first-order chi connectivity index (χ1) is 6.59. The summed E-state index contributed by atoms with van der Waals surface area (Å²) in [7, 11) is 0. The standard InChI is InChI=1S/C10H19NO2S/c1-7(2)3-4-14-8-5-9(10(12)13)11-6-8/h7-9,11H,3-6H2,1-2H3,(H,12,13). The van der Waals surface area contributed by atoms with Gasteiger partial charge in [0, 0.05) is 11.8 Å². The van der Waals surface area contributed by atoms with Crippen LogP contribution in [-0.2, 0) is 4.79 Å². The zero-order chi connectivity index (χ0) is 10.6. The van der Waals surface area contributed by atoms with Crippen molar-refractivity contribution in [3.05, 3.63) is 0 Å². The molecule has 4 heteroatoms. The fraction of sp³-hybridized carbons (Fsp3) is 0.900. The first-order valence-corrected chi connectivity index (χ1v) is 6.22. The van der Waals surface area contributed by atoms with Crippen molar-refractivity contribution in [1.82, 2.24) is 5.32 Å². The van der Waals surface area contributed by atoms with E-state index in [2.05, 4.69) is 19.2 Å². The molecule has 82 valence electrons. The van der Waals surface area contributed by atoms with Crippen molar-refractivity contribution in [1.29, 1.82) is 0 Å². The molecule has 2 unspecified atom stereocenters. The summed E-state index contributed by atoms with van der Waals surface area (Å²) < 4.78 is 0. The minimum Gasteiger partial charge on any atom is -0.480 e. The second-order valence-electron chi connectivity index (χ2n) is 4.21. The van der Waals surface area contributed by atoms with Crippen LogP contribution in [0.3, 0.4) is 0 Å². The van der Waals surface area contributed by atoms with Gasteiger partial charge in [0.15, 0.2) is 0 Å². The lowest BCUT2D eigenvalue weighted by atomic mass is 10.2. The Morgan fingerprint density at radius 2 is 2.36 bits per heavy atom. The Labute approximate surface area is 89.6 Å². The second kappa shape index (κ2) is 5.61. The average Bonchev–Trinajstić information content (AvgIpc) is 2.52. The van der Waals surface area contributed by atoms with E-state index in [0.29, 0.717) is 5.25 Å². The molecule has 1 heterocycles. The first-order valence-electron chi connectivity index (χ1n) is 5.17. The zero-order valence-corrected chi connectivity index (χ0v) is 9.64. The highest BCUT2D eigenvalue weighted by Gasteiger charge is 2.28. The van der Waals surface area contributed by atoms with Gasteiger partial charge in [0.2, 0.25) is 0 Å². The molecule has 1 saturated heterocycles. The SMILES string of the molecule is CC(C)CCSC1CNC(C(=O)O)C1. The van der Waals surface area contributed by atoms with Crippen LogP contribution in [0, 0.1) is 5.92 Å². The summed E-state index contributed by atoms with van der Waals surface area (Å²) in [4.78, 5) is 10.7. The van der Waals surface area contributed by atoms with E-state index in [9.17, 15) is 4.79 Å². The van der Waals surface area contributed by atoms with Crippen LogP contribution in [0.2, 0.25) is 0 Å². The van der Waals surface area contributed by atoms with Crippen molar-refractivity contribution in [3.8, 4) is 0 Å². The molecule has 0 radical (unpaired) electrons. The fourth-order valence-corrected chi connectivity index (χ4v) is 2.97. The number of carboxylic acids is 1. The Kier molecular flexibility index (Phi) is 4.75. The molecule has 1 fully saturated rings. The van der Waals surface area contributed by atoms with E-state index < -0.39 is 5.97 Å². The maximum absolute atomic E-state index is 10.7. The predicted molar refractivity (Wildman–Crippen MR) is 59.7 cm³/mol. The van der Waals surface area contributed by atoms with E-state index in [1.165, 1.54) is 6.42 Å². The Morgan fingerprint density at radius 1 is 1.64 bits per heavy atom. The van der Waals surface area contributed by atoms with Gasteiger partial charge in [0.05, 0.1) is 0 Å². The number of nitrogens with one attached hydrogen (secondary N) is 1. The smallest absolute Gasteiger partial charge is 0.320 e. The average molecular weight is 217 g/mol. The van der Waals surface area contributed by atoms with Crippen LogP contribution in [-0.4, -0.2) is 34.7 Å². The van der Waals surface area contributed by atoms with Gasteiger partial charge in [0.25, 0.3) is 0 Å². The summed E-state index contributed by atoms with van der Waals surface area (Å²) in [5, 5.41) is 12.3. The van der Waals surface area contributed by atoms with Gasteiger partial charge in [-0.2, -0.15) is 11.8 Å². The number of carbonyl (C=O) groups is 1. The van der Waals surface area contributed by atoms with Crippen LogP contribution >= 0.6 is 11.8 Å². The zero-order valence-electron chi connectivity index (χ0n) is 8.82. The maximum atomic E-state index is 10.7. The summed E-state index contributed by atoms with van der Waals surface area (Å²) in [6.45, 7) is 5.28. The first kappa shape index (κ1) is 11.9. The minimum atomic E-state index is -0.711. The van der Waals surface area contributed by atoms with E-state index in [-0.39, 0.29) is 6.04 Å². The Hall–Kier alpha value is -0.220. The van der Waals surface area contributed by atoms with Crippen LogP contribution in [0.15, 0.2) is 0 Å². The molecule has 0 aromatic carbocycles. The minimum absolute atomic E-state index is 0.313. The third-order valence-electron chi connectivity index (χ3n) is 2.44. The number of aliphatic carboxylic acids is 1. The van der Waals surface area contributed by atoms with E-state index in [0.717, 1.165) is 24.6 Å². The lowest BCUT2D eigenvalue weighted by Gasteiger charge is -2.09. The Balaban J connectivity index is 2.13. The van der Waals surface area contributed by atoms with Crippen molar-refractivity contribution < 1.29 is 9.90 Å². The third kappa shape index (κ3) is 3.88. The molecular weight excluding hydrogens is 198 g/mol. The van der Waals surface area contributed by atoms with Crippen LogP contribution in [0.4, 0.5) is 0 Å². The molecular formula is C10H19NO2S. The molecule has 0 bridgehead atoms. The van der Waals surface area contributed by atoms with Crippen molar-refractivity contribution in [2.45, 2.75) is 38.0 Å². The van der Waals surface area contributed by atoms with Gasteiger partial charge in [-0.3, -0.25) is 4.79 Å². The van der Waals surface area contributed by atoms with Crippen molar-refractivity contribution in [3.63, 3.8) is 0 Å². The molecule has 0 amide bonds. The fourth-order valence-electron chi connectivity index (χ4n) is 1.49. The molecule has 14 heavy (non-hydrogen) atoms. The highest BCUT2D eigenvalue weighted by atomic mass is 32.2. The van der Waals surface area contributed by atoms with Crippen molar-refractivity contribution in [2.24, 2.45) is 5.92 Å². The topological polar surface area (TPSA) is 49.3 Å². The highest BCUT2D eigenvalue weighted by molar-refractivity contribution is 7.99. The number of rotatable bonds is 5. The molecule has 2 atom stereocenters. The summed E-state index contributed by atoms with van der Waals surface area (Å²) in [5.74, 6) is 1.18. The molecule has 0 saturated carbocycles. The maximum Gasteiger partial charge on any atom is 0.320 e. The normalized spacial score (nSPS) is 27.1. The number of carboxylic acid groups (broad SMARTS) is 1. The monoisotopic (exact) mass is 217 g/mol. The lowest BCUT2D eigenvalue weighted by molar-refractivity contribution is -0.139. The second-order valence-corrected chi connectivity index (χ2v) is 5.62. The summed E-state index contributed by atoms with van der Waals surface area (Å²) >= 11 is 1.91. The van der Waals surface area contributed by atoms with Crippen LogP contribution in [0.25, 0.3) is 0 Å². The number of hydrogen-bond donors (Lipinski definition) is 2. The van der Waals surface area contributed by atoms with E-state index in [1.807, 2.05) is 11.8 Å². The van der Waals surface area contributed by atoms with Gasteiger partial charge in [-0.25, -0.2) is 0 Å². The van der Waals surface area contributed by atoms with Crippen LogP contribution in [0.5, 0.6) is 0 Å².